The van der Waals surface area contributed by atoms with Crippen LogP contribution in [-0.2, 0) is 12.1 Å². The molecule has 0 saturated heterocycles. The molecule has 0 aliphatic carbocycles. The molecule has 0 aliphatic heterocycles. The number of aromatic nitrogens is 2. The minimum Gasteiger partial charge on any atom is -0.384 e. The first-order chi connectivity index (χ1) is 7.18. The van der Waals surface area contributed by atoms with E-state index in [2.05, 4.69) is 4.98 Å². The lowest BCUT2D eigenvalue weighted by atomic mass is 9.96. The number of benzene rings is 1. The van der Waals surface area contributed by atoms with Gasteiger partial charge in [0.15, 0.2) is 0 Å². The smallest absolute Gasteiger partial charge is 0.105 e. The highest BCUT2D eigenvalue weighted by Gasteiger charge is 2.22. The number of aliphatic hydroxyl groups is 1. The van der Waals surface area contributed by atoms with E-state index < -0.39 is 5.60 Å². The highest BCUT2D eigenvalue weighted by molar-refractivity contribution is 5.21. The van der Waals surface area contributed by atoms with Gasteiger partial charge in [-0.15, -0.1) is 0 Å². The summed E-state index contributed by atoms with van der Waals surface area (Å²) >= 11 is 0. The van der Waals surface area contributed by atoms with E-state index in [1.807, 2.05) is 48.0 Å². The zero-order valence-corrected chi connectivity index (χ0v) is 8.67. The van der Waals surface area contributed by atoms with E-state index >= 15 is 0 Å². The van der Waals surface area contributed by atoms with Crippen molar-refractivity contribution in [1.29, 1.82) is 0 Å². The molecule has 1 heterocycles. The molecular formula is C12H14N2O. The Hall–Kier alpha value is -1.61. The molecule has 1 aromatic carbocycles. The van der Waals surface area contributed by atoms with Gasteiger partial charge in [-0.1, -0.05) is 30.3 Å². The summed E-state index contributed by atoms with van der Waals surface area (Å²) in [5, 5.41) is 10.3. The molecule has 3 heteroatoms. The van der Waals surface area contributed by atoms with E-state index in [1.165, 1.54) is 0 Å². The van der Waals surface area contributed by atoms with Crippen LogP contribution >= 0.6 is 0 Å². The van der Waals surface area contributed by atoms with Crippen LogP contribution in [0.5, 0.6) is 0 Å². The molecule has 0 spiro atoms. The van der Waals surface area contributed by atoms with Gasteiger partial charge in [0.1, 0.15) is 5.60 Å². The van der Waals surface area contributed by atoms with Crippen molar-refractivity contribution in [1.82, 2.24) is 9.55 Å². The predicted molar refractivity (Wildman–Crippen MR) is 58.2 cm³/mol. The molecule has 15 heavy (non-hydrogen) atoms. The van der Waals surface area contributed by atoms with Crippen molar-refractivity contribution in [2.75, 3.05) is 0 Å². The molecule has 0 saturated carbocycles. The van der Waals surface area contributed by atoms with Crippen LogP contribution in [0.4, 0.5) is 0 Å². The second-order valence-electron chi connectivity index (χ2n) is 3.87. The second-order valence-corrected chi connectivity index (χ2v) is 3.87. The summed E-state index contributed by atoms with van der Waals surface area (Å²) in [7, 11) is 0. The van der Waals surface area contributed by atoms with Crippen LogP contribution in [0.15, 0.2) is 49.1 Å². The van der Waals surface area contributed by atoms with Crippen LogP contribution in [0, 0.1) is 0 Å². The van der Waals surface area contributed by atoms with Gasteiger partial charge in [-0.2, -0.15) is 0 Å². The third-order valence-electron chi connectivity index (χ3n) is 2.45. The summed E-state index contributed by atoms with van der Waals surface area (Å²) in [6, 6.07) is 9.65. The maximum Gasteiger partial charge on any atom is 0.105 e. The summed E-state index contributed by atoms with van der Waals surface area (Å²) in [5.74, 6) is 0. The summed E-state index contributed by atoms with van der Waals surface area (Å²) < 4.78 is 1.87. The van der Waals surface area contributed by atoms with E-state index in [1.54, 1.807) is 12.5 Å². The quantitative estimate of drug-likeness (QED) is 0.824. The van der Waals surface area contributed by atoms with Crippen molar-refractivity contribution in [3.63, 3.8) is 0 Å². The fraction of sp³-hybridized carbons (Fsp3) is 0.250. The standard InChI is InChI=1S/C12H14N2O/c1-12(15,9-14-8-7-13-10-14)11-5-3-2-4-6-11/h2-8,10,15H,9H2,1H3. The highest BCUT2D eigenvalue weighted by Crippen LogP contribution is 2.21. The lowest BCUT2D eigenvalue weighted by Gasteiger charge is -2.24. The lowest BCUT2D eigenvalue weighted by molar-refractivity contribution is 0.0382. The van der Waals surface area contributed by atoms with Crippen molar-refractivity contribution in [3.8, 4) is 0 Å². The van der Waals surface area contributed by atoms with Gasteiger partial charge < -0.3 is 9.67 Å². The highest BCUT2D eigenvalue weighted by atomic mass is 16.3. The van der Waals surface area contributed by atoms with Crippen LogP contribution in [0.3, 0.4) is 0 Å². The first kappa shape index (κ1) is 9.93. The molecule has 2 aromatic rings. The molecule has 1 N–H and O–H groups in total. The normalized spacial score (nSPS) is 14.8. The lowest BCUT2D eigenvalue weighted by Crippen LogP contribution is -2.27. The van der Waals surface area contributed by atoms with Gasteiger partial charge in [0.25, 0.3) is 0 Å². The molecule has 0 fully saturated rings. The predicted octanol–water partition coefficient (Wildman–Crippen LogP) is 1.79. The third kappa shape index (κ3) is 2.25. The van der Waals surface area contributed by atoms with E-state index in [4.69, 9.17) is 0 Å². The van der Waals surface area contributed by atoms with Crippen LogP contribution < -0.4 is 0 Å². The summed E-state index contributed by atoms with van der Waals surface area (Å²) in [5.41, 5.74) is 0.0563. The summed E-state index contributed by atoms with van der Waals surface area (Å²) in [6.45, 7) is 2.32. The first-order valence-electron chi connectivity index (χ1n) is 4.92. The van der Waals surface area contributed by atoms with Gasteiger partial charge in [-0.25, -0.2) is 4.98 Å². The van der Waals surface area contributed by atoms with Gasteiger partial charge in [0, 0.05) is 12.4 Å². The van der Waals surface area contributed by atoms with Crippen LogP contribution in [0.2, 0.25) is 0 Å². The van der Waals surface area contributed by atoms with E-state index in [0.29, 0.717) is 6.54 Å². The van der Waals surface area contributed by atoms with Crippen molar-refractivity contribution < 1.29 is 5.11 Å². The average Bonchev–Trinajstić information content (AvgIpc) is 2.71. The molecule has 0 amide bonds. The molecule has 0 radical (unpaired) electrons. The fourth-order valence-corrected chi connectivity index (χ4v) is 1.62. The SMILES string of the molecule is CC(O)(Cn1ccnc1)c1ccccc1. The van der Waals surface area contributed by atoms with Gasteiger partial charge >= 0.3 is 0 Å². The van der Waals surface area contributed by atoms with Crippen molar-refractivity contribution in [2.45, 2.75) is 19.1 Å². The molecule has 0 bridgehead atoms. The molecule has 1 aromatic heterocycles. The van der Waals surface area contributed by atoms with Crippen LogP contribution in [0.1, 0.15) is 12.5 Å². The third-order valence-corrected chi connectivity index (χ3v) is 2.45. The first-order valence-corrected chi connectivity index (χ1v) is 4.92. The van der Waals surface area contributed by atoms with Crippen LogP contribution in [0.25, 0.3) is 0 Å². The monoisotopic (exact) mass is 202 g/mol. The molecule has 78 valence electrons. The molecule has 3 nitrogen and oxygen atoms in total. The molecule has 1 unspecified atom stereocenters. The van der Waals surface area contributed by atoms with E-state index in [9.17, 15) is 5.11 Å². The Bertz CT molecular complexity index is 406. The van der Waals surface area contributed by atoms with Gasteiger partial charge in [0.2, 0.25) is 0 Å². The summed E-state index contributed by atoms with van der Waals surface area (Å²) in [6.07, 6.45) is 5.26. The van der Waals surface area contributed by atoms with Crippen LogP contribution in [-0.4, -0.2) is 14.7 Å². The summed E-state index contributed by atoms with van der Waals surface area (Å²) in [4.78, 5) is 3.95. The van der Waals surface area contributed by atoms with Gasteiger partial charge in [-0.05, 0) is 12.5 Å². The molecular weight excluding hydrogens is 188 g/mol. The Morgan fingerprint density at radius 1 is 1.33 bits per heavy atom. The minimum absolute atomic E-state index is 0.511. The Balaban J connectivity index is 2.20. The second kappa shape index (κ2) is 3.87. The zero-order chi connectivity index (χ0) is 10.7. The van der Waals surface area contributed by atoms with Crippen molar-refractivity contribution in [2.24, 2.45) is 0 Å². The Kier molecular flexibility index (Phi) is 2.56. The maximum atomic E-state index is 10.3. The van der Waals surface area contributed by atoms with E-state index in [-0.39, 0.29) is 0 Å². The number of nitrogens with zero attached hydrogens (tertiary/aromatic N) is 2. The molecule has 2 rings (SSSR count). The number of rotatable bonds is 3. The Morgan fingerprint density at radius 2 is 2.07 bits per heavy atom. The zero-order valence-electron chi connectivity index (χ0n) is 8.67. The number of hydrogen-bond acceptors (Lipinski definition) is 2. The van der Waals surface area contributed by atoms with Crippen molar-refractivity contribution >= 4 is 0 Å². The molecule has 0 aliphatic rings. The minimum atomic E-state index is -0.859. The van der Waals surface area contributed by atoms with Gasteiger partial charge in [-0.3, -0.25) is 0 Å². The van der Waals surface area contributed by atoms with E-state index in [0.717, 1.165) is 5.56 Å². The largest absolute Gasteiger partial charge is 0.384 e. The Morgan fingerprint density at radius 3 is 2.67 bits per heavy atom. The average molecular weight is 202 g/mol. The molecule has 1 atom stereocenters. The van der Waals surface area contributed by atoms with Gasteiger partial charge in [0.05, 0.1) is 12.9 Å². The Labute approximate surface area is 89.0 Å². The number of hydrogen-bond donors (Lipinski definition) is 1. The van der Waals surface area contributed by atoms with Crippen molar-refractivity contribution in [3.05, 3.63) is 54.6 Å². The number of imidazole rings is 1. The maximum absolute atomic E-state index is 10.3. The topological polar surface area (TPSA) is 38.0 Å². The fourth-order valence-electron chi connectivity index (χ4n) is 1.62.